The highest BCUT2D eigenvalue weighted by Crippen LogP contribution is 2.18. The predicted molar refractivity (Wildman–Crippen MR) is 108 cm³/mol. The second-order valence-electron chi connectivity index (χ2n) is 6.37. The van der Waals surface area contributed by atoms with E-state index in [0.29, 0.717) is 22.6 Å². The van der Waals surface area contributed by atoms with E-state index in [1.807, 2.05) is 19.1 Å². The smallest absolute Gasteiger partial charge is 0.264 e. The summed E-state index contributed by atoms with van der Waals surface area (Å²) in [4.78, 5) is 20.6. The maximum atomic E-state index is 12.5. The first-order valence-corrected chi connectivity index (χ1v) is 10.0. The Hall–Kier alpha value is -3.26. The highest BCUT2D eigenvalue weighted by Gasteiger charge is 2.16. The Kier molecular flexibility index (Phi) is 5.41. The molecule has 0 radical (unpaired) electrons. The molecular weight excluding hydrogens is 376 g/mol. The van der Waals surface area contributed by atoms with Crippen molar-refractivity contribution >= 4 is 27.6 Å². The van der Waals surface area contributed by atoms with E-state index in [1.165, 1.54) is 24.3 Å². The van der Waals surface area contributed by atoms with Crippen LogP contribution < -0.4 is 10.0 Å². The molecule has 3 rings (SSSR count). The average Bonchev–Trinajstić information content (AvgIpc) is 2.61. The number of nitrogens with zero attached hydrogens (tertiary/aromatic N) is 2. The molecule has 1 heterocycles. The number of hydrogen-bond acceptors (Lipinski definition) is 5. The topological polar surface area (TPSA) is 101 Å². The minimum absolute atomic E-state index is 0.0226. The van der Waals surface area contributed by atoms with Crippen molar-refractivity contribution in [2.24, 2.45) is 0 Å². The summed E-state index contributed by atoms with van der Waals surface area (Å²) < 4.78 is 27.5. The largest absolute Gasteiger partial charge is 0.322 e. The van der Waals surface area contributed by atoms with Gasteiger partial charge in [-0.25, -0.2) is 23.1 Å². The van der Waals surface area contributed by atoms with Crippen molar-refractivity contribution in [2.75, 3.05) is 10.0 Å². The highest BCUT2D eigenvalue weighted by atomic mass is 32.2. The van der Waals surface area contributed by atoms with Crippen molar-refractivity contribution in [1.82, 2.24) is 9.97 Å². The van der Waals surface area contributed by atoms with Crippen LogP contribution in [0.15, 0.2) is 59.5 Å². The summed E-state index contributed by atoms with van der Waals surface area (Å²) in [6.45, 7) is 5.38. The number of amides is 1. The van der Waals surface area contributed by atoms with Crippen LogP contribution in [0.2, 0.25) is 0 Å². The van der Waals surface area contributed by atoms with Crippen LogP contribution in [-0.2, 0) is 10.0 Å². The predicted octanol–water partition coefficient (Wildman–Crippen LogP) is 3.45. The number of hydrogen-bond donors (Lipinski definition) is 2. The van der Waals surface area contributed by atoms with E-state index in [4.69, 9.17) is 0 Å². The van der Waals surface area contributed by atoms with Crippen molar-refractivity contribution in [2.45, 2.75) is 25.7 Å². The number of benzene rings is 2. The van der Waals surface area contributed by atoms with Gasteiger partial charge in [-0.05, 0) is 62.7 Å². The van der Waals surface area contributed by atoms with Gasteiger partial charge < -0.3 is 5.32 Å². The third kappa shape index (κ3) is 4.52. The molecule has 0 aliphatic carbocycles. The van der Waals surface area contributed by atoms with Crippen LogP contribution in [0.3, 0.4) is 0 Å². The first-order chi connectivity index (χ1) is 13.2. The van der Waals surface area contributed by atoms with Gasteiger partial charge in [0.1, 0.15) is 0 Å². The first kappa shape index (κ1) is 19.5. The van der Waals surface area contributed by atoms with Crippen LogP contribution in [0.25, 0.3) is 0 Å². The van der Waals surface area contributed by atoms with Crippen molar-refractivity contribution in [3.8, 4) is 0 Å². The quantitative estimate of drug-likeness (QED) is 0.688. The number of sulfonamides is 1. The fraction of sp³-hybridized carbons (Fsp3) is 0.150. The van der Waals surface area contributed by atoms with Crippen LogP contribution in [-0.4, -0.2) is 24.3 Å². The molecule has 7 nitrogen and oxygen atoms in total. The van der Waals surface area contributed by atoms with Crippen molar-refractivity contribution < 1.29 is 13.2 Å². The van der Waals surface area contributed by atoms with E-state index in [1.54, 1.807) is 32.0 Å². The summed E-state index contributed by atoms with van der Waals surface area (Å²) in [7, 11) is -3.84. The van der Waals surface area contributed by atoms with Crippen LogP contribution in [0.1, 0.15) is 27.3 Å². The van der Waals surface area contributed by atoms with E-state index < -0.39 is 10.0 Å². The second kappa shape index (κ2) is 7.77. The molecule has 1 amide bonds. The Bertz CT molecular complexity index is 1110. The molecule has 0 aliphatic heterocycles. The van der Waals surface area contributed by atoms with E-state index in [-0.39, 0.29) is 16.8 Å². The minimum atomic E-state index is -3.84. The summed E-state index contributed by atoms with van der Waals surface area (Å²) in [5.41, 5.74) is 3.25. The Morgan fingerprint density at radius 3 is 2.11 bits per heavy atom. The Balaban J connectivity index is 1.76. The molecule has 0 spiro atoms. The molecule has 0 aliphatic rings. The van der Waals surface area contributed by atoms with Crippen LogP contribution in [0, 0.1) is 20.8 Å². The zero-order chi connectivity index (χ0) is 20.3. The molecule has 0 fully saturated rings. The maximum absolute atomic E-state index is 12.5. The van der Waals surface area contributed by atoms with Gasteiger partial charge in [-0.3, -0.25) is 4.79 Å². The summed E-state index contributed by atoms with van der Waals surface area (Å²) in [5.74, 6) is -0.232. The van der Waals surface area contributed by atoms with Gasteiger partial charge in [0.2, 0.25) is 5.95 Å². The van der Waals surface area contributed by atoms with Crippen molar-refractivity contribution in [1.29, 1.82) is 0 Å². The fourth-order valence-electron chi connectivity index (χ4n) is 2.69. The molecule has 2 N–H and O–H groups in total. The molecular formula is C20H20N4O3S. The number of aromatic nitrogens is 2. The van der Waals surface area contributed by atoms with Gasteiger partial charge in [0, 0.05) is 22.6 Å². The van der Waals surface area contributed by atoms with E-state index in [2.05, 4.69) is 20.0 Å². The number of nitrogens with one attached hydrogen (secondary N) is 2. The number of anilines is 2. The third-order valence-corrected chi connectivity index (χ3v) is 5.36. The highest BCUT2D eigenvalue weighted by molar-refractivity contribution is 7.92. The van der Waals surface area contributed by atoms with Gasteiger partial charge in [0.05, 0.1) is 4.90 Å². The van der Waals surface area contributed by atoms with Gasteiger partial charge in [0.15, 0.2) is 0 Å². The van der Waals surface area contributed by atoms with Gasteiger partial charge in [-0.2, -0.15) is 0 Å². The molecule has 0 saturated heterocycles. The summed E-state index contributed by atoms with van der Waals surface area (Å²) in [6.07, 6.45) is 0. The van der Waals surface area contributed by atoms with Crippen molar-refractivity contribution in [3.05, 3.63) is 77.1 Å². The van der Waals surface area contributed by atoms with Gasteiger partial charge in [0.25, 0.3) is 15.9 Å². The lowest BCUT2D eigenvalue weighted by molar-refractivity contribution is 0.102. The normalized spacial score (nSPS) is 11.1. The zero-order valence-corrected chi connectivity index (χ0v) is 16.5. The Morgan fingerprint density at radius 1 is 0.893 bits per heavy atom. The molecule has 144 valence electrons. The molecule has 28 heavy (non-hydrogen) atoms. The van der Waals surface area contributed by atoms with Gasteiger partial charge >= 0.3 is 0 Å². The van der Waals surface area contributed by atoms with Gasteiger partial charge in [-0.1, -0.05) is 18.2 Å². The Morgan fingerprint density at radius 2 is 1.50 bits per heavy atom. The van der Waals surface area contributed by atoms with Gasteiger partial charge in [-0.15, -0.1) is 0 Å². The maximum Gasteiger partial charge on any atom is 0.264 e. The molecule has 1 aromatic heterocycles. The molecule has 0 bridgehead atoms. The standard InChI is InChI=1S/C20H20N4O3S/c1-13-6-4-5-7-18(13)19(25)23-16-8-10-17(11-9-16)28(26,27)24-20-21-14(2)12-15(3)22-20/h4-12H,1-3H3,(H,23,25)(H,21,22,24). The number of carbonyl (C=O) groups excluding carboxylic acids is 1. The number of rotatable bonds is 5. The molecule has 2 aromatic carbocycles. The van der Waals surface area contributed by atoms with E-state index in [9.17, 15) is 13.2 Å². The zero-order valence-electron chi connectivity index (χ0n) is 15.7. The molecule has 3 aromatic rings. The van der Waals surface area contributed by atoms with Crippen LogP contribution >= 0.6 is 0 Å². The Labute approximate surface area is 163 Å². The lowest BCUT2D eigenvalue weighted by atomic mass is 10.1. The first-order valence-electron chi connectivity index (χ1n) is 8.57. The van der Waals surface area contributed by atoms with E-state index >= 15 is 0 Å². The lowest BCUT2D eigenvalue weighted by Crippen LogP contribution is -2.16. The van der Waals surface area contributed by atoms with E-state index in [0.717, 1.165) is 5.56 Å². The molecule has 8 heteroatoms. The fourth-order valence-corrected chi connectivity index (χ4v) is 3.64. The molecule has 0 saturated carbocycles. The second-order valence-corrected chi connectivity index (χ2v) is 8.06. The summed E-state index contributed by atoms with van der Waals surface area (Å²) >= 11 is 0. The average molecular weight is 396 g/mol. The molecule has 0 atom stereocenters. The minimum Gasteiger partial charge on any atom is -0.322 e. The number of aryl methyl sites for hydroxylation is 3. The van der Waals surface area contributed by atoms with Crippen molar-refractivity contribution in [3.63, 3.8) is 0 Å². The summed E-state index contributed by atoms with van der Waals surface area (Å²) in [6, 6.07) is 14.9. The molecule has 0 unspecified atom stereocenters. The van der Waals surface area contributed by atoms with Crippen LogP contribution in [0.5, 0.6) is 0 Å². The summed E-state index contributed by atoms with van der Waals surface area (Å²) in [5, 5.41) is 2.76. The number of carbonyl (C=O) groups is 1. The lowest BCUT2D eigenvalue weighted by Gasteiger charge is -2.10. The van der Waals surface area contributed by atoms with Crippen LogP contribution in [0.4, 0.5) is 11.6 Å². The monoisotopic (exact) mass is 396 g/mol. The third-order valence-electron chi connectivity index (χ3n) is 4.02. The SMILES string of the molecule is Cc1cc(C)nc(NS(=O)(=O)c2ccc(NC(=O)c3ccccc3C)cc2)n1.